The van der Waals surface area contributed by atoms with Gasteiger partial charge in [-0.3, -0.25) is 9.59 Å². The molecule has 0 spiro atoms. The molecular weight excluding hydrogens is 408 g/mol. The molecule has 1 unspecified atom stereocenters. The Morgan fingerprint density at radius 3 is 1.94 bits per heavy atom. The highest BCUT2D eigenvalue weighted by Gasteiger charge is 2.30. The summed E-state index contributed by atoms with van der Waals surface area (Å²) in [5.74, 6) is -0.131. The van der Waals surface area contributed by atoms with Crippen molar-refractivity contribution in [2.24, 2.45) is 0 Å². The first-order valence-electron chi connectivity index (χ1n) is 11.7. The number of aryl methyl sites for hydroxylation is 2. The molecule has 0 bridgehead atoms. The first-order chi connectivity index (χ1) is 15.9. The van der Waals surface area contributed by atoms with Crippen molar-refractivity contribution >= 4 is 11.8 Å². The monoisotopic (exact) mass is 442 g/mol. The van der Waals surface area contributed by atoms with Crippen LogP contribution in [0, 0.1) is 6.92 Å². The molecule has 2 amide bonds. The Kier molecular flexibility index (Phi) is 8.82. The molecule has 172 valence electrons. The normalized spacial score (nSPS) is 11.8. The van der Waals surface area contributed by atoms with Crippen LogP contribution >= 0.6 is 0 Å². The molecule has 0 saturated heterocycles. The highest BCUT2D eigenvalue weighted by atomic mass is 16.2. The maximum Gasteiger partial charge on any atom is 0.243 e. The van der Waals surface area contributed by atoms with Crippen molar-refractivity contribution in [1.29, 1.82) is 0 Å². The first kappa shape index (κ1) is 24.2. The number of amides is 2. The maximum absolute atomic E-state index is 13.6. The number of benzene rings is 3. The van der Waals surface area contributed by atoms with E-state index < -0.39 is 6.04 Å². The van der Waals surface area contributed by atoms with Gasteiger partial charge in [0.1, 0.15) is 6.04 Å². The highest BCUT2D eigenvalue weighted by Crippen LogP contribution is 2.17. The summed E-state index contributed by atoms with van der Waals surface area (Å²) in [5.41, 5.74) is 4.33. The van der Waals surface area contributed by atoms with Crippen LogP contribution in [0.25, 0.3) is 0 Å². The van der Waals surface area contributed by atoms with Gasteiger partial charge < -0.3 is 10.2 Å². The van der Waals surface area contributed by atoms with E-state index in [4.69, 9.17) is 0 Å². The first-order valence-corrected chi connectivity index (χ1v) is 11.7. The molecule has 1 atom stereocenters. The van der Waals surface area contributed by atoms with E-state index in [-0.39, 0.29) is 17.9 Å². The van der Waals surface area contributed by atoms with E-state index in [0.717, 1.165) is 16.7 Å². The number of nitrogens with one attached hydrogen (secondary N) is 1. The third-order valence-electron chi connectivity index (χ3n) is 5.65. The molecule has 3 rings (SSSR count). The van der Waals surface area contributed by atoms with Gasteiger partial charge in [-0.15, -0.1) is 0 Å². The van der Waals surface area contributed by atoms with Crippen LogP contribution in [0.4, 0.5) is 0 Å². The predicted octanol–water partition coefficient (Wildman–Crippen LogP) is 5.09. The zero-order chi connectivity index (χ0) is 23.6. The smallest absolute Gasteiger partial charge is 0.243 e. The minimum Gasteiger partial charge on any atom is -0.352 e. The van der Waals surface area contributed by atoms with E-state index in [1.807, 2.05) is 106 Å². The second-order valence-corrected chi connectivity index (χ2v) is 8.86. The van der Waals surface area contributed by atoms with Gasteiger partial charge in [-0.2, -0.15) is 0 Å². The second-order valence-electron chi connectivity index (χ2n) is 8.86. The molecule has 0 radical (unpaired) electrons. The summed E-state index contributed by atoms with van der Waals surface area (Å²) in [4.78, 5) is 28.6. The third kappa shape index (κ3) is 7.60. The molecule has 0 heterocycles. The second kappa shape index (κ2) is 12.0. The fourth-order valence-corrected chi connectivity index (χ4v) is 3.86. The summed E-state index contributed by atoms with van der Waals surface area (Å²) in [5, 5.41) is 3.03. The summed E-state index contributed by atoms with van der Waals surface area (Å²) in [6.45, 7) is 6.33. The highest BCUT2D eigenvalue weighted by molar-refractivity contribution is 5.88. The van der Waals surface area contributed by atoms with Gasteiger partial charge in [0.2, 0.25) is 11.8 Å². The van der Waals surface area contributed by atoms with E-state index >= 15 is 0 Å². The Labute approximate surface area is 197 Å². The van der Waals surface area contributed by atoms with E-state index in [9.17, 15) is 9.59 Å². The van der Waals surface area contributed by atoms with Crippen LogP contribution in [-0.2, 0) is 29.0 Å². The molecule has 0 aliphatic rings. The lowest BCUT2D eigenvalue weighted by atomic mass is 10.0. The molecule has 4 nitrogen and oxygen atoms in total. The van der Waals surface area contributed by atoms with Crippen LogP contribution in [-0.4, -0.2) is 28.8 Å². The standard InChI is InChI=1S/C29H34N2O2/c1-22(2)30-29(33)27(20-25-12-8-5-9-13-25)31(21-26-16-14-23(3)15-17-26)28(32)19-18-24-10-6-4-7-11-24/h4-17,22,27H,18-21H2,1-3H3,(H,30,33). The lowest BCUT2D eigenvalue weighted by Gasteiger charge is -2.32. The van der Waals surface area contributed by atoms with Gasteiger partial charge in [0.05, 0.1) is 0 Å². The van der Waals surface area contributed by atoms with Crippen LogP contribution in [0.15, 0.2) is 84.9 Å². The van der Waals surface area contributed by atoms with Gasteiger partial charge in [0.15, 0.2) is 0 Å². The average molecular weight is 443 g/mol. The van der Waals surface area contributed by atoms with Gasteiger partial charge in [0, 0.05) is 25.4 Å². The van der Waals surface area contributed by atoms with E-state index in [0.29, 0.717) is 25.8 Å². The van der Waals surface area contributed by atoms with Crippen LogP contribution < -0.4 is 5.32 Å². The van der Waals surface area contributed by atoms with Crippen molar-refractivity contribution in [2.75, 3.05) is 0 Å². The van der Waals surface area contributed by atoms with Crippen molar-refractivity contribution in [3.05, 3.63) is 107 Å². The van der Waals surface area contributed by atoms with Crippen molar-refractivity contribution in [3.8, 4) is 0 Å². The molecule has 0 fully saturated rings. The number of carbonyl (C=O) groups excluding carboxylic acids is 2. The number of rotatable bonds is 10. The van der Waals surface area contributed by atoms with Crippen LogP contribution in [0.3, 0.4) is 0 Å². The minimum atomic E-state index is -0.584. The zero-order valence-electron chi connectivity index (χ0n) is 19.8. The molecule has 0 aliphatic heterocycles. The molecule has 4 heteroatoms. The van der Waals surface area contributed by atoms with Crippen molar-refractivity contribution in [1.82, 2.24) is 10.2 Å². The van der Waals surface area contributed by atoms with Crippen molar-refractivity contribution in [2.45, 2.75) is 58.7 Å². The Morgan fingerprint density at radius 1 is 0.788 bits per heavy atom. The van der Waals surface area contributed by atoms with Crippen molar-refractivity contribution in [3.63, 3.8) is 0 Å². The maximum atomic E-state index is 13.6. The molecule has 3 aromatic carbocycles. The third-order valence-corrected chi connectivity index (χ3v) is 5.65. The lowest BCUT2D eigenvalue weighted by Crippen LogP contribution is -2.51. The van der Waals surface area contributed by atoms with Crippen LogP contribution in [0.5, 0.6) is 0 Å². The Morgan fingerprint density at radius 2 is 1.36 bits per heavy atom. The summed E-state index contributed by atoms with van der Waals surface area (Å²) < 4.78 is 0. The van der Waals surface area contributed by atoms with Crippen molar-refractivity contribution < 1.29 is 9.59 Å². The molecular formula is C29H34N2O2. The fourth-order valence-electron chi connectivity index (χ4n) is 3.86. The zero-order valence-corrected chi connectivity index (χ0v) is 19.8. The SMILES string of the molecule is Cc1ccc(CN(C(=O)CCc2ccccc2)C(Cc2ccccc2)C(=O)NC(C)C)cc1. The molecule has 0 saturated carbocycles. The van der Waals surface area contributed by atoms with Crippen LogP contribution in [0.1, 0.15) is 42.5 Å². The number of carbonyl (C=O) groups is 2. The molecule has 3 aromatic rings. The van der Waals surface area contributed by atoms with Gasteiger partial charge >= 0.3 is 0 Å². The molecule has 1 N–H and O–H groups in total. The van der Waals surface area contributed by atoms with Gasteiger partial charge in [-0.1, -0.05) is 90.5 Å². The lowest BCUT2D eigenvalue weighted by molar-refractivity contribution is -0.141. The number of nitrogens with zero attached hydrogens (tertiary/aromatic N) is 1. The van der Waals surface area contributed by atoms with E-state index in [1.54, 1.807) is 4.90 Å². The Balaban J connectivity index is 1.89. The van der Waals surface area contributed by atoms with Gasteiger partial charge in [-0.25, -0.2) is 0 Å². The predicted molar refractivity (Wildman–Crippen MR) is 134 cm³/mol. The summed E-state index contributed by atoms with van der Waals surface area (Å²) in [6, 6.07) is 27.5. The van der Waals surface area contributed by atoms with E-state index in [2.05, 4.69) is 5.32 Å². The Bertz CT molecular complexity index is 1010. The number of hydrogen-bond acceptors (Lipinski definition) is 2. The molecule has 0 aromatic heterocycles. The molecule has 33 heavy (non-hydrogen) atoms. The largest absolute Gasteiger partial charge is 0.352 e. The fraction of sp³-hybridized carbons (Fsp3) is 0.310. The Hall–Kier alpha value is -3.40. The number of hydrogen-bond donors (Lipinski definition) is 1. The van der Waals surface area contributed by atoms with Crippen LogP contribution in [0.2, 0.25) is 0 Å². The van der Waals surface area contributed by atoms with Gasteiger partial charge in [0.25, 0.3) is 0 Å². The van der Waals surface area contributed by atoms with Gasteiger partial charge in [-0.05, 0) is 43.9 Å². The molecule has 0 aliphatic carbocycles. The average Bonchev–Trinajstić information content (AvgIpc) is 2.82. The summed E-state index contributed by atoms with van der Waals surface area (Å²) >= 11 is 0. The summed E-state index contributed by atoms with van der Waals surface area (Å²) in [6.07, 6.45) is 1.48. The quantitative estimate of drug-likeness (QED) is 0.475. The minimum absolute atomic E-state index is 0.00332. The topological polar surface area (TPSA) is 49.4 Å². The summed E-state index contributed by atoms with van der Waals surface area (Å²) in [7, 11) is 0. The van der Waals surface area contributed by atoms with E-state index in [1.165, 1.54) is 5.56 Å².